The molecule has 0 fully saturated rings. The van der Waals surface area contributed by atoms with E-state index in [0.717, 1.165) is 5.56 Å². The summed E-state index contributed by atoms with van der Waals surface area (Å²) in [5.41, 5.74) is 7.53. The predicted octanol–water partition coefficient (Wildman–Crippen LogP) is 1.17. The highest BCUT2D eigenvalue weighted by Gasteiger charge is 2.05. The summed E-state index contributed by atoms with van der Waals surface area (Å²) in [6, 6.07) is 0. The van der Waals surface area contributed by atoms with Gasteiger partial charge in [-0.1, -0.05) is 0 Å². The van der Waals surface area contributed by atoms with Crippen LogP contribution in [0.3, 0.4) is 0 Å². The molecule has 11 heavy (non-hydrogen) atoms. The van der Waals surface area contributed by atoms with Crippen LogP contribution in [0.5, 0.6) is 0 Å². The van der Waals surface area contributed by atoms with Crippen LogP contribution in [0.15, 0.2) is 12.4 Å². The predicted molar refractivity (Wildman–Crippen MR) is 43.4 cm³/mol. The third-order valence-electron chi connectivity index (χ3n) is 1.63. The number of nitrogens with zero attached hydrogens (tertiary/aromatic N) is 1. The molecule has 3 nitrogen and oxygen atoms in total. The maximum absolute atomic E-state index is 10.9. The fourth-order valence-electron chi connectivity index (χ4n) is 0.896. The summed E-state index contributed by atoms with van der Waals surface area (Å²) in [5.74, 6) is 0.00213. The molecule has 0 aromatic carbocycles. The van der Waals surface area contributed by atoms with E-state index in [0.29, 0.717) is 11.3 Å². The molecule has 0 aliphatic rings. The number of hydrogen-bond acceptors (Lipinski definition) is 3. The Balaban J connectivity index is 3.27. The average molecular weight is 150 g/mol. The van der Waals surface area contributed by atoms with Crippen molar-refractivity contribution in [1.82, 2.24) is 4.98 Å². The van der Waals surface area contributed by atoms with Crippen molar-refractivity contribution in [2.24, 2.45) is 0 Å². The van der Waals surface area contributed by atoms with Crippen molar-refractivity contribution in [2.45, 2.75) is 13.8 Å². The molecule has 1 aromatic heterocycles. The Morgan fingerprint density at radius 1 is 1.55 bits per heavy atom. The number of rotatable bonds is 1. The first-order chi connectivity index (χ1) is 5.13. The minimum atomic E-state index is 0.00213. The van der Waals surface area contributed by atoms with Crippen molar-refractivity contribution in [3.05, 3.63) is 23.5 Å². The molecular formula is C8H10N2O. The van der Waals surface area contributed by atoms with E-state index < -0.39 is 0 Å². The van der Waals surface area contributed by atoms with Gasteiger partial charge in [0.05, 0.1) is 11.9 Å². The normalized spacial score (nSPS) is 9.64. The molecule has 1 aromatic rings. The summed E-state index contributed by atoms with van der Waals surface area (Å²) in [7, 11) is 0. The summed E-state index contributed by atoms with van der Waals surface area (Å²) in [6.07, 6.45) is 3.08. The number of nitrogen functional groups attached to an aromatic ring is 1. The van der Waals surface area contributed by atoms with Crippen LogP contribution in [0.1, 0.15) is 22.8 Å². The Morgan fingerprint density at radius 3 is 2.64 bits per heavy atom. The van der Waals surface area contributed by atoms with Gasteiger partial charge in [0, 0.05) is 11.8 Å². The van der Waals surface area contributed by atoms with Gasteiger partial charge in [-0.3, -0.25) is 9.78 Å². The maximum Gasteiger partial charge on any atom is 0.161 e. The first-order valence-electron chi connectivity index (χ1n) is 3.34. The monoisotopic (exact) mass is 150 g/mol. The highest BCUT2D eigenvalue weighted by atomic mass is 16.1. The van der Waals surface area contributed by atoms with Crippen molar-refractivity contribution in [3.8, 4) is 0 Å². The molecule has 0 unspecified atom stereocenters. The number of anilines is 1. The molecule has 1 heterocycles. The molecule has 0 atom stereocenters. The quantitative estimate of drug-likeness (QED) is 0.611. The van der Waals surface area contributed by atoms with Gasteiger partial charge in [0.1, 0.15) is 0 Å². The Bertz CT molecular complexity index is 294. The van der Waals surface area contributed by atoms with Crippen LogP contribution in [0.2, 0.25) is 0 Å². The summed E-state index contributed by atoms with van der Waals surface area (Å²) < 4.78 is 0. The lowest BCUT2D eigenvalue weighted by Gasteiger charge is -2.02. The molecule has 0 bridgehead atoms. The van der Waals surface area contributed by atoms with Crippen molar-refractivity contribution in [3.63, 3.8) is 0 Å². The molecule has 0 saturated carbocycles. The van der Waals surface area contributed by atoms with E-state index >= 15 is 0 Å². The summed E-state index contributed by atoms with van der Waals surface area (Å²) >= 11 is 0. The molecule has 1 rings (SSSR count). The maximum atomic E-state index is 10.9. The molecule has 0 aliphatic heterocycles. The molecule has 2 N–H and O–H groups in total. The van der Waals surface area contributed by atoms with E-state index in [1.54, 1.807) is 6.20 Å². The highest BCUT2D eigenvalue weighted by molar-refractivity contribution is 5.96. The number of aromatic nitrogens is 1. The molecule has 0 aliphatic carbocycles. The Hall–Kier alpha value is -1.38. The smallest absolute Gasteiger partial charge is 0.161 e. The Kier molecular flexibility index (Phi) is 1.89. The van der Waals surface area contributed by atoms with E-state index in [9.17, 15) is 4.79 Å². The van der Waals surface area contributed by atoms with Gasteiger partial charge in [0.15, 0.2) is 5.78 Å². The molecule has 3 heteroatoms. The number of Topliss-reactive ketones (excluding diaryl/α,β-unsaturated/α-hetero) is 1. The third-order valence-corrected chi connectivity index (χ3v) is 1.63. The topological polar surface area (TPSA) is 56.0 Å². The molecule has 0 saturated heterocycles. The number of hydrogen-bond donors (Lipinski definition) is 1. The number of nitrogens with two attached hydrogens (primary N) is 1. The number of carbonyl (C=O) groups excluding carboxylic acids is 1. The number of carbonyl (C=O) groups is 1. The van der Waals surface area contributed by atoms with Crippen LogP contribution in [0.4, 0.5) is 5.69 Å². The van der Waals surface area contributed by atoms with Gasteiger partial charge in [-0.05, 0) is 19.4 Å². The largest absolute Gasteiger partial charge is 0.397 e. The molecule has 0 amide bonds. The fourth-order valence-corrected chi connectivity index (χ4v) is 0.896. The Morgan fingerprint density at radius 2 is 2.18 bits per heavy atom. The van der Waals surface area contributed by atoms with Crippen molar-refractivity contribution < 1.29 is 4.79 Å². The zero-order valence-corrected chi connectivity index (χ0v) is 6.59. The highest BCUT2D eigenvalue weighted by Crippen LogP contribution is 2.13. The van der Waals surface area contributed by atoms with Gasteiger partial charge in [-0.25, -0.2) is 0 Å². The van der Waals surface area contributed by atoms with Gasteiger partial charge >= 0.3 is 0 Å². The average Bonchev–Trinajstić information content (AvgIpc) is 1.94. The van der Waals surface area contributed by atoms with E-state index in [2.05, 4.69) is 4.98 Å². The fraction of sp³-hybridized carbons (Fsp3) is 0.250. The van der Waals surface area contributed by atoms with Gasteiger partial charge in [0.25, 0.3) is 0 Å². The number of ketones is 1. The van der Waals surface area contributed by atoms with Crippen LogP contribution in [0, 0.1) is 6.92 Å². The lowest BCUT2D eigenvalue weighted by molar-refractivity contribution is 0.101. The zero-order chi connectivity index (χ0) is 8.43. The Labute approximate surface area is 65.2 Å². The number of pyridine rings is 1. The molecule has 0 spiro atoms. The standard InChI is InChI=1S/C8H10N2O/c1-5-7(6(2)11)3-10-4-8(5)9/h3-4H,9H2,1-2H3. The second-order valence-corrected chi connectivity index (χ2v) is 2.46. The third kappa shape index (κ3) is 1.37. The minimum Gasteiger partial charge on any atom is -0.397 e. The van der Waals surface area contributed by atoms with Crippen LogP contribution in [-0.4, -0.2) is 10.8 Å². The van der Waals surface area contributed by atoms with Crippen LogP contribution >= 0.6 is 0 Å². The lowest BCUT2D eigenvalue weighted by atomic mass is 10.1. The molecule has 58 valence electrons. The van der Waals surface area contributed by atoms with Gasteiger partial charge in [-0.2, -0.15) is 0 Å². The van der Waals surface area contributed by atoms with Crippen molar-refractivity contribution in [1.29, 1.82) is 0 Å². The van der Waals surface area contributed by atoms with Crippen molar-refractivity contribution >= 4 is 11.5 Å². The summed E-state index contributed by atoms with van der Waals surface area (Å²) in [4.78, 5) is 14.7. The van der Waals surface area contributed by atoms with Gasteiger partial charge < -0.3 is 5.73 Å². The lowest BCUT2D eigenvalue weighted by Crippen LogP contribution is -2.00. The van der Waals surface area contributed by atoms with E-state index in [-0.39, 0.29) is 5.78 Å². The summed E-state index contributed by atoms with van der Waals surface area (Å²) in [5, 5.41) is 0. The second-order valence-electron chi connectivity index (χ2n) is 2.46. The molecule has 0 radical (unpaired) electrons. The van der Waals surface area contributed by atoms with Gasteiger partial charge in [-0.15, -0.1) is 0 Å². The van der Waals surface area contributed by atoms with Crippen LogP contribution in [0.25, 0.3) is 0 Å². The molecular weight excluding hydrogens is 140 g/mol. The SMILES string of the molecule is CC(=O)c1cncc(N)c1C. The van der Waals surface area contributed by atoms with Gasteiger partial charge in [0.2, 0.25) is 0 Å². The summed E-state index contributed by atoms with van der Waals surface area (Å²) in [6.45, 7) is 3.32. The van der Waals surface area contributed by atoms with E-state index in [1.165, 1.54) is 13.1 Å². The first-order valence-corrected chi connectivity index (χ1v) is 3.34. The van der Waals surface area contributed by atoms with E-state index in [4.69, 9.17) is 5.73 Å². The van der Waals surface area contributed by atoms with Crippen LogP contribution in [-0.2, 0) is 0 Å². The first kappa shape index (κ1) is 7.72. The van der Waals surface area contributed by atoms with Crippen LogP contribution < -0.4 is 5.73 Å². The van der Waals surface area contributed by atoms with Crippen molar-refractivity contribution in [2.75, 3.05) is 5.73 Å². The second kappa shape index (κ2) is 2.70. The zero-order valence-electron chi connectivity index (χ0n) is 6.59. The minimum absolute atomic E-state index is 0.00213. The van der Waals surface area contributed by atoms with E-state index in [1.807, 2.05) is 6.92 Å².